The van der Waals surface area contributed by atoms with Crippen molar-refractivity contribution in [3.05, 3.63) is 65.3 Å². The molecule has 0 spiro atoms. The van der Waals surface area contributed by atoms with Gasteiger partial charge in [0.05, 0.1) is 6.04 Å². The molecule has 1 aromatic heterocycles. The van der Waals surface area contributed by atoms with E-state index >= 15 is 0 Å². The molecule has 0 saturated heterocycles. The van der Waals surface area contributed by atoms with Gasteiger partial charge in [-0.2, -0.15) is 0 Å². The monoisotopic (exact) mass is 294 g/mol. The second kappa shape index (κ2) is 6.73. The molecule has 3 rings (SSSR count). The van der Waals surface area contributed by atoms with Crippen LogP contribution >= 0.6 is 0 Å². The molecule has 1 heterocycles. The zero-order valence-corrected chi connectivity index (χ0v) is 13.0. The summed E-state index contributed by atoms with van der Waals surface area (Å²) in [6, 6.07) is 13.8. The molecule has 0 N–H and O–H groups in total. The van der Waals surface area contributed by atoms with Gasteiger partial charge in [-0.3, -0.25) is 14.4 Å². The molecule has 3 heteroatoms. The zero-order chi connectivity index (χ0) is 15.4. The van der Waals surface area contributed by atoms with E-state index < -0.39 is 0 Å². The van der Waals surface area contributed by atoms with Gasteiger partial charge in [-0.1, -0.05) is 43.5 Å². The first kappa shape index (κ1) is 14.8. The topological polar surface area (TPSA) is 34.4 Å². The van der Waals surface area contributed by atoms with E-state index in [0.29, 0.717) is 6.04 Å². The molecular formula is C19H22N2O. The summed E-state index contributed by atoms with van der Waals surface area (Å²) < 4.78 is 1.68. The molecular weight excluding hydrogens is 272 g/mol. The van der Waals surface area contributed by atoms with Crippen LogP contribution in [0.1, 0.15) is 48.0 Å². The van der Waals surface area contributed by atoms with Crippen molar-refractivity contribution in [2.75, 3.05) is 0 Å². The Kier molecular flexibility index (Phi) is 4.52. The molecule has 114 valence electrons. The fourth-order valence-electron chi connectivity index (χ4n) is 3.05. The molecule has 1 fully saturated rings. The van der Waals surface area contributed by atoms with Crippen molar-refractivity contribution >= 4 is 5.91 Å². The second-order valence-corrected chi connectivity index (χ2v) is 5.97. The maximum atomic E-state index is 12.8. The van der Waals surface area contributed by atoms with Gasteiger partial charge in [-0.25, -0.2) is 0 Å². The summed E-state index contributed by atoms with van der Waals surface area (Å²) >= 11 is 0. The Labute approximate surface area is 131 Å². The van der Waals surface area contributed by atoms with Crippen LogP contribution in [-0.2, 0) is 0 Å². The molecule has 1 aliphatic rings. The average Bonchev–Trinajstić information content (AvgIpc) is 2.56. The maximum Gasteiger partial charge on any atom is 0.263 e. The Morgan fingerprint density at radius 2 is 1.77 bits per heavy atom. The summed E-state index contributed by atoms with van der Waals surface area (Å²) in [5.41, 5.74) is 2.49. The molecule has 2 aromatic rings. The van der Waals surface area contributed by atoms with Crippen molar-refractivity contribution in [1.82, 2.24) is 4.57 Å². The van der Waals surface area contributed by atoms with E-state index in [1.807, 2.05) is 55.6 Å². The van der Waals surface area contributed by atoms with Gasteiger partial charge in [-0.05, 0) is 43.5 Å². The molecule has 0 atom stereocenters. The second-order valence-electron chi connectivity index (χ2n) is 5.97. The fraction of sp³-hybridized carbons (Fsp3) is 0.368. The van der Waals surface area contributed by atoms with Crippen LogP contribution in [0.5, 0.6) is 0 Å². The van der Waals surface area contributed by atoms with Crippen LogP contribution in [0.25, 0.3) is 0 Å². The fourth-order valence-corrected chi connectivity index (χ4v) is 3.05. The molecule has 0 unspecified atom stereocenters. The molecule has 1 saturated carbocycles. The Bertz CT molecular complexity index is 724. The first-order valence-corrected chi connectivity index (χ1v) is 8.07. The van der Waals surface area contributed by atoms with Crippen LogP contribution in [-0.4, -0.2) is 16.5 Å². The van der Waals surface area contributed by atoms with E-state index in [1.54, 1.807) is 4.57 Å². The molecule has 3 nitrogen and oxygen atoms in total. The number of pyridine rings is 1. The highest BCUT2D eigenvalue weighted by molar-refractivity contribution is 5.97. The molecule has 0 aliphatic heterocycles. The van der Waals surface area contributed by atoms with Crippen molar-refractivity contribution in [1.29, 1.82) is 0 Å². The minimum atomic E-state index is -0.00624. The quantitative estimate of drug-likeness (QED) is 0.831. The van der Waals surface area contributed by atoms with E-state index in [1.165, 1.54) is 19.3 Å². The predicted molar refractivity (Wildman–Crippen MR) is 87.8 cm³/mol. The van der Waals surface area contributed by atoms with Crippen LogP contribution in [0.15, 0.2) is 53.7 Å². The Balaban J connectivity index is 1.99. The number of rotatable bonds is 2. The van der Waals surface area contributed by atoms with Gasteiger partial charge in [0.25, 0.3) is 5.91 Å². The number of benzene rings is 1. The minimum absolute atomic E-state index is 0.00624. The van der Waals surface area contributed by atoms with Gasteiger partial charge in [0.1, 0.15) is 5.49 Å². The van der Waals surface area contributed by atoms with E-state index in [9.17, 15) is 4.79 Å². The van der Waals surface area contributed by atoms with Crippen molar-refractivity contribution < 1.29 is 4.79 Å². The van der Waals surface area contributed by atoms with Gasteiger partial charge in [-0.15, -0.1) is 0 Å². The van der Waals surface area contributed by atoms with Gasteiger partial charge < -0.3 is 0 Å². The van der Waals surface area contributed by atoms with Crippen molar-refractivity contribution in [2.24, 2.45) is 4.99 Å². The third-order valence-electron chi connectivity index (χ3n) is 4.32. The first-order chi connectivity index (χ1) is 10.8. The third-order valence-corrected chi connectivity index (χ3v) is 4.32. The van der Waals surface area contributed by atoms with Crippen LogP contribution < -0.4 is 5.49 Å². The third kappa shape index (κ3) is 3.19. The van der Waals surface area contributed by atoms with Crippen LogP contribution in [0, 0.1) is 6.92 Å². The lowest BCUT2D eigenvalue weighted by atomic mass is 9.96. The smallest absolute Gasteiger partial charge is 0.263 e. The zero-order valence-electron chi connectivity index (χ0n) is 13.0. The van der Waals surface area contributed by atoms with E-state index in [2.05, 4.69) is 0 Å². The van der Waals surface area contributed by atoms with Gasteiger partial charge in [0.15, 0.2) is 0 Å². The predicted octanol–water partition coefficient (Wildman–Crippen LogP) is 3.72. The number of aromatic nitrogens is 1. The molecule has 1 aromatic carbocycles. The Morgan fingerprint density at radius 3 is 2.55 bits per heavy atom. The summed E-state index contributed by atoms with van der Waals surface area (Å²) in [6.07, 6.45) is 7.87. The van der Waals surface area contributed by atoms with Crippen molar-refractivity contribution in [3.8, 4) is 0 Å². The van der Waals surface area contributed by atoms with Crippen LogP contribution in [0.3, 0.4) is 0 Å². The van der Waals surface area contributed by atoms with Gasteiger partial charge in [0.2, 0.25) is 0 Å². The van der Waals surface area contributed by atoms with Gasteiger partial charge in [0, 0.05) is 11.8 Å². The highest BCUT2D eigenvalue weighted by Gasteiger charge is 2.14. The van der Waals surface area contributed by atoms with Crippen LogP contribution in [0.2, 0.25) is 0 Å². The first-order valence-electron chi connectivity index (χ1n) is 8.07. The summed E-state index contributed by atoms with van der Waals surface area (Å²) in [5.74, 6) is -0.00624. The molecule has 0 radical (unpaired) electrons. The van der Waals surface area contributed by atoms with E-state index in [0.717, 1.165) is 29.5 Å². The SMILES string of the molecule is Cc1ccccc1C(=O)n1ccccc1=NC1CCCCC1. The molecule has 0 bridgehead atoms. The van der Waals surface area contributed by atoms with E-state index in [-0.39, 0.29) is 5.91 Å². The highest BCUT2D eigenvalue weighted by Crippen LogP contribution is 2.19. The summed E-state index contributed by atoms with van der Waals surface area (Å²) in [4.78, 5) is 17.7. The Hall–Kier alpha value is -2.16. The number of carbonyl (C=O) groups excluding carboxylic acids is 1. The lowest BCUT2D eigenvalue weighted by Crippen LogP contribution is -2.29. The molecule has 1 aliphatic carbocycles. The molecule has 22 heavy (non-hydrogen) atoms. The maximum absolute atomic E-state index is 12.8. The van der Waals surface area contributed by atoms with E-state index in [4.69, 9.17) is 4.99 Å². The Morgan fingerprint density at radius 1 is 1.05 bits per heavy atom. The summed E-state index contributed by atoms with van der Waals surface area (Å²) in [6.45, 7) is 1.97. The lowest BCUT2D eigenvalue weighted by molar-refractivity contribution is 0.0954. The number of aryl methyl sites for hydroxylation is 1. The van der Waals surface area contributed by atoms with Crippen LogP contribution in [0.4, 0.5) is 0 Å². The standard InChI is InChI=1S/C19H22N2O/c1-15-9-5-6-12-17(15)19(22)21-14-8-7-13-18(21)20-16-10-3-2-4-11-16/h5-9,12-14,16H,2-4,10-11H2,1H3. The lowest BCUT2D eigenvalue weighted by Gasteiger charge is -2.18. The summed E-state index contributed by atoms with van der Waals surface area (Å²) in [5, 5.41) is 0. The summed E-state index contributed by atoms with van der Waals surface area (Å²) in [7, 11) is 0. The normalized spacial score (nSPS) is 16.7. The highest BCUT2D eigenvalue weighted by atomic mass is 16.2. The number of hydrogen-bond acceptors (Lipinski definition) is 2. The van der Waals surface area contributed by atoms with Gasteiger partial charge >= 0.3 is 0 Å². The number of nitrogens with zero attached hydrogens (tertiary/aromatic N) is 2. The van der Waals surface area contributed by atoms with Crippen molar-refractivity contribution in [3.63, 3.8) is 0 Å². The average molecular weight is 294 g/mol. The van der Waals surface area contributed by atoms with Crippen molar-refractivity contribution in [2.45, 2.75) is 45.1 Å². The number of hydrogen-bond donors (Lipinski definition) is 0. The number of carbonyl (C=O) groups is 1. The largest absolute Gasteiger partial charge is 0.268 e. The minimum Gasteiger partial charge on any atom is -0.268 e. The molecule has 0 amide bonds.